The Labute approximate surface area is 112 Å². The van der Waals surface area contributed by atoms with Gasteiger partial charge in [-0.05, 0) is 13.3 Å². The number of nitrogens with zero attached hydrogens (tertiary/aromatic N) is 2. The van der Waals surface area contributed by atoms with E-state index in [1.165, 1.54) is 0 Å². The lowest BCUT2D eigenvalue weighted by atomic mass is 10.2. The Kier molecular flexibility index (Phi) is 6.01. The number of nitrogen functional groups attached to an aromatic ring is 1. The highest BCUT2D eigenvalue weighted by Gasteiger charge is 2.07. The molecule has 1 aromatic heterocycles. The molecule has 1 rings (SSSR count). The zero-order valence-corrected chi connectivity index (χ0v) is 11.4. The predicted molar refractivity (Wildman–Crippen MR) is 73.7 cm³/mol. The average Bonchev–Trinajstić information content (AvgIpc) is 2.34. The summed E-state index contributed by atoms with van der Waals surface area (Å²) in [6.45, 7) is 4.74. The summed E-state index contributed by atoms with van der Waals surface area (Å²) < 4.78 is 5.05. The molecule has 0 bridgehead atoms. The van der Waals surface area contributed by atoms with E-state index >= 15 is 0 Å². The van der Waals surface area contributed by atoms with Crippen LogP contribution in [0.3, 0.4) is 0 Å². The second-order valence-corrected chi connectivity index (χ2v) is 4.19. The standard InChI is InChI=1S/C12H21N5O2/c1-3-4-10-16-11(14)8(2)12(17-10)15-5-6-19-7-9(13)18/h3-7H2,1-2H3,(H2,13,18)(H3,14,15,16,17). The number of nitrogens with two attached hydrogens (primary N) is 2. The van der Waals surface area contributed by atoms with Crippen molar-refractivity contribution in [2.45, 2.75) is 26.7 Å². The average molecular weight is 267 g/mol. The zero-order valence-electron chi connectivity index (χ0n) is 11.4. The van der Waals surface area contributed by atoms with Crippen LogP contribution in [-0.4, -0.2) is 35.6 Å². The summed E-state index contributed by atoms with van der Waals surface area (Å²) in [6.07, 6.45) is 1.75. The molecule has 0 radical (unpaired) electrons. The summed E-state index contributed by atoms with van der Waals surface area (Å²) >= 11 is 0. The number of primary amides is 1. The van der Waals surface area contributed by atoms with Crippen LogP contribution in [-0.2, 0) is 16.0 Å². The third kappa shape index (κ3) is 5.09. The number of aromatic nitrogens is 2. The molecular weight excluding hydrogens is 246 g/mol. The van der Waals surface area contributed by atoms with E-state index in [9.17, 15) is 4.79 Å². The second kappa shape index (κ2) is 7.52. The smallest absolute Gasteiger partial charge is 0.243 e. The van der Waals surface area contributed by atoms with Gasteiger partial charge in [0.1, 0.15) is 24.1 Å². The summed E-state index contributed by atoms with van der Waals surface area (Å²) in [5.74, 6) is 1.44. The van der Waals surface area contributed by atoms with Crippen molar-refractivity contribution in [3.8, 4) is 0 Å². The van der Waals surface area contributed by atoms with Gasteiger partial charge in [0, 0.05) is 18.5 Å². The molecule has 0 fully saturated rings. The van der Waals surface area contributed by atoms with Crippen LogP contribution in [0.25, 0.3) is 0 Å². The molecule has 19 heavy (non-hydrogen) atoms. The summed E-state index contributed by atoms with van der Waals surface area (Å²) in [6, 6.07) is 0. The summed E-state index contributed by atoms with van der Waals surface area (Å²) in [5, 5.41) is 3.12. The van der Waals surface area contributed by atoms with Gasteiger partial charge in [0.05, 0.1) is 6.61 Å². The number of carbonyl (C=O) groups is 1. The van der Waals surface area contributed by atoms with Crippen molar-refractivity contribution in [3.63, 3.8) is 0 Å². The number of hydrogen-bond donors (Lipinski definition) is 3. The second-order valence-electron chi connectivity index (χ2n) is 4.19. The molecule has 0 spiro atoms. The van der Waals surface area contributed by atoms with Crippen LogP contribution in [0.2, 0.25) is 0 Å². The lowest BCUT2D eigenvalue weighted by molar-refractivity contribution is -0.122. The largest absolute Gasteiger partial charge is 0.383 e. The Morgan fingerprint density at radius 1 is 1.42 bits per heavy atom. The van der Waals surface area contributed by atoms with Gasteiger partial charge in [-0.1, -0.05) is 6.92 Å². The van der Waals surface area contributed by atoms with Crippen molar-refractivity contribution in [1.82, 2.24) is 9.97 Å². The van der Waals surface area contributed by atoms with E-state index in [0.29, 0.717) is 24.8 Å². The van der Waals surface area contributed by atoms with Crippen LogP contribution >= 0.6 is 0 Å². The molecule has 7 nitrogen and oxygen atoms in total. The van der Waals surface area contributed by atoms with Gasteiger partial charge in [-0.25, -0.2) is 9.97 Å². The first-order chi connectivity index (χ1) is 9.04. The molecule has 0 aliphatic heterocycles. The number of rotatable bonds is 8. The third-order valence-electron chi connectivity index (χ3n) is 2.49. The maximum Gasteiger partial charge on any atom is 0.243 e. The minimum absolute atomic E-state index is 0.0757. The Bertz CT molecular complexity index is 436. The molecule has 0 aliphatic carbocycles. The molecular formula is C12H21N5O2. The number of nitrogens with one attached hydrogen (secondary N) is 1. The molecule has 1 amide bonds. The van der Waals surface area contributed by atoms with Crippen molar-refractivity contribution in [3.05, 3.63) is 11.4 Å². The van der Waals surface area contributed by atoms with Gasteiger partial charge in [0.2, 0.25) is 5.91 Å². The molecule has 0 aliphatic rings. The minimum atomic E-state index is -0.479. The van der Waals surface area contributed by atoms with Crippen molar-refractivity contribution < 1.29 is 9.53 Å². The Hall–Kier alpha value is -1.89. The van der Waals surface area contributed by atoms with Crippen LogP contribution < -0.4 is 16.8 Å². The van der Waals surface area contributed by atoms with Crippen LogP contribution in [0.5, 0.6) is 0 Å². The fourth-order valence-electron chi connectivity index (χ4n) is 1.50. The molecule has 0 saturated heterocycles. The van der Waals surface area contributed by atoms with Crippen LogP contribution in [0, 0.1) is 6.92 Å². The van der Waals surface area contributed by atoms with Gasteiger partial charge in [-0.3, -0.25) is 4.79 Å². The molecule has 0 aromatic carbocycles. The molecule has 1 heterocycles. The number of ether oxygens (including phenoxy) is 1. The molecule has 0 atom stereocenters. The van der Waals surface area contributed by atoms with E-state index in [2.05, 4.69) is 22.2 Å². The summed E-state index contributed by atoms with van der Waals surface area (Å²) in [4.78, 5) is 19.1. The summed E-state index contributed by atoms with van der Waals surface area (Å²) in [5.41, 5.74) is 11.6. The number of aryl methyl sites for hydroxylation is 1. The number of carbonyl (C=O) groups excluding carboxylic acids is 1. The van der Waals surface area contributed by atoms with Gasteiger partial charge < -0.3 is 21.5 Å². The predicted octanol–water partition coefficient (Wildman–Crippen LogP) is 0.234. The van der Waals surface area contributed by atoms with E-state index in [1.54, 1.807) is 0 Å². The van der Waals surface area contributed by atoms with Gasteiger partial charge in [-0.15, -0.1) is 0 Å². The van der Waals surface area contributed by atoms with E-state index in [0.717, 1.165) is 24.2 Å². The normalized spacial score (nSPS) is 10.4. The third-order valence-corrected chi connectivity index (χ3v) is 2.49. The molecule has 0 unspecified atom stereocenters. The lowest BCUT2D eigenvalue weighted by Crippen LogP contribution is -2.21. The monoisotopic (exact) mass is 267 g/mol. The fraction of sp³-hybridized carbons (Fsp3) is 0.583. The topological polar surface area (TPSA) is 116 Å². The van der Waals surface area contributed by atoms with Crippen LogP contribution in [0.4, 0.5) is 11.6 Å². The number of hydrogen-bond acceptors (Lipinski definition) is 6. The first-order valence-electron chi connectivity index (χ1n) is 6.27. The molecule has 7 heteroatoms. The highest BCUT2D eigenvalue weighted by atomic mass is 16.5. The molecule has 5 N–H and O–H groups in total. The maximum atomic E-state index is 10.5. The highest BCUT2D eigenvalue weighted by Crippen LogP contribution is 2.17. The van der Waals surface area contributed by atoms with Gasteiger partial charge in [-0.2, -0.15) is 0 Å². The zero-order chi connectivity index (χ0) is 14.3. The lowest BCUT2D eigenvalue weighted by Gasteiger charge is -2.11. The van der Waals surface area contributed by atoms with E-state index in [4.69, 9.17) is 16.2 Å². The van der Waals surface area contributed by atoms with E-state index < -0.39 is 5.91 Å². The Balaban J connectivity index is 2.54. The molecule has 106 valence electrons. The summed E-state index contributed by atoms with van der Waals surface area (Å²) in [7, 11) is 0. The number of anilines is 2. The van der Waals surface area contributed by atoms with E-state index in [-0.39, 0.29) is 6.61 Å². The number of amides is 1. The Morgan fingerprint density at radius 2 is 2.16 bits per heavy atom. The van der Waals surface area contributed by atoms with Gasteiger partial charge in [0.15, 0.2) is 0 Å². The van der Waals surface area contributed by atoms with Crippen molar-refractivity contribution in [2.75, 3.05) is 30.8 Å². The van der Waals surface area contributed by atoms with Crippen LogP contribution in [0.15, 0.2) is 0 Å². The van der Waals surface area contributed by atoms with Crippen molar-refractivity contribution in [2.24, 2.45) is 5.73 Å². The molecule has 1 aromatic rings. The first kappa shape index (κ1) is 15.2. The Morgan fingerprint density at radius 3 is 2.79 bits per heavy atom. The first-order valence-corrected chi connectivity index (χ1v) is 6.27. The quantitative estimate of drug-likeness (QED) is 0.581. The fourth-order valence-corrected chi connectivity index (χ4v) is 1.50. The molecule has 0 saturated carbocycles. The van der Waals surface area contributed by atoms with E-state index in [1.807, 2.05) is 6.92 Å². The SMILES string of the molecule is CCCc1nc(N)c(C)c(NCCOCC(N)=O)n1. The van der Waals surface area contributed by atoms with Gasteiger partial charge >= 0.3 is 0 Å². The van der Waals surface area contributed by atoms with Crippen molar-refractivity contribution in [1.29, 1.82) is 0 Å². The minimum Gasteiger partial charge on any atom is -0.383 e. The van der Waals surface area contributed by atoms with Crippen molar-refractivity contribution >= 4 is 17.5 Å². The maximum absolute atomic E-state index is 10.5. The van der Waals surface area contributed by atoms with Gasteiger partial charge in [0.25, 0.3) is 0 Å². The highest BCUT2D eigenvalue weighted by molar-refractivity contribution is 5.74. The van der Waals surface area contributed by atoms with Crippen LogP contribution in [0.1, 0.15) is 24.7 Å².